The maximum Gasteiger partial charge on any atom is 0.306 e. The SMILES string of the molecule is CCCCCCCCCCCCC(=O)O[C@H]1C(OCC(O)CO)O[C@H](CO)[C@@H](O)[C@@H]1O. The van der Waals surface area contributed by atoms with Gasteiger partial charge in [0.1, 0.15) is 24.4 Å². The third kappa shape index (κ3) is 11.1. The fourth-order valence-electron chi connectivity index (χ4n) is 3.54. The first kappa shape index (κ1) is 28.2. The van der Waals surface area contributed by atoms with Crippen molar-refractivity contribution in [2.24, 2.45) is 0 Å². The molecule has 0 aliphatic carbocycles. The zero-order valence-electron chi connectivity index (χ0n) is 18.7. The molecular weight excluding hydrogens is 408 g/mol. The molecule has 0 bridgehead atoms. The second-order valence-electron chi connectivity index (χ2n) is 8.26. The number of rotatable bonds is 17. The minimum absolute atomic E-state index is 0.172. The quantitative estimate of drug-likeness (QED) is 0.162. The molecule has 1 saturated heterocycles. The van der Waals surface area contributed by atoms with Crippen molar-refractivity contribution in [3.63, 3.8) is 0 Å². The van der Waals surface area contributed by atoms with Crippen molar-refractivity contribution in [2.45, 2.75) is 114 Å². The molecule has 1 aliphatic heterocycles. The van der Waals surface area contributed by atoms with E-state index in [0.717, 1.165) is 19.3 Å². The van der Waals surface area contributed by atoms with Crippen molar-refractivity contribution in [3.05, 3.63) is 0 Å². The van der Waals surface area contributed by atoms with Crippen molar-refractivity contribution in [3.8, 4) is 0 Å². The molecule has 184 valence electrons. The van der Waals surface area contributed by atoms with Gasteiger partial charge in [0.2, 0.25) is 0 Å². The number of hydrogen-bond donors (Lipinski definition) is 5. The lowest BCUT2D eigenvalue weighted by atomic mass is 9.99. The lowest BCUT2D eigenvalue weighted by Crippen LogP contribution is -2.60. The largest absolute Gasteiger partial charge is 0.454 e. The van der Waals surface area contributed by atoms with E-state index in [1.807, 2.05) is 0 Å². The summed E-state index contributed by atoms with van der Waals surface area (Å²) < 4.78 is 16.0. The number of carbonyl (C=O) groups is 1. The zero-order valence-corrected chi connectivity index (χ0v) is 18.7. The van der Waals surface area contributed by atoms with E-state index in [9.17, 15) is 25.2 Å². The van der Waals surface area contributed by atoms with Crippen LogP contribution in [0.3, 0.4) is 0 Å². The molecule has 0 amide bonds. The predicted octanol–water partition coefficient (Wildman–Crippen LogP) is 1.02. The van der Waals surface area contributed by atoms with Crippen LogP contribution in [-0.2, 0) is 19.0 Å². The third-order valence-corrected chi connectivity index (χ3v) is 5.49. The van der Waals surface area contributed by atoms with Crippen molar-refractivity contribution in [1.82, 2.24) is 0 Å². The molecule has 31 heavy (non-hydrogen) atoms. The lowest BCUT2D eigenvalue weighted by molar-refractivity contribution is -0.307. The molecule has 2 unspecified atom stereocenters. The van der Waals surface area contributed by atoms with Crippen molar-refractivity contribution >= 4 is 5.97 Å². The van der Waals surface area contributed by atoms with E-state index in [1.54, 1.807) is 0 Å². The molecule has 1 aliphatic rings. The molecule has 5 N–H and O–H groups in total. The normalized spacial score (nSPS) is 27.2. The Hall–Kier alpha value is -0.810. The standard InChI is InChI=1S/C22H42O9/c1-2-3-4-5-6-7-8-9-10-11-12-18(26)31-21-20(28)19(27)17(14-24)30-22(21)29-15-16(25)13-23/h16-17,19-25,27-28H,2-15H2,1H3/t16?,17-,19-,20+,21-,22?/m1/s1. The molecule has 9 nitrogen and oxygen atoms in total. The maximum absolute atomic E-state index is 12.2. The van der Waals surface area contributed by atoms with E-state index in [0.29, 0.717) is 6.42 Å². The molecule has 1 fully saturated rings. The van der Waals surface area contributed by atoms with Gasteiger partial charge in [0.05, 0.1) is 19.8 Å². The molecular formula is C22H42O9. The first-order valence-electron chi connectivity index (χ1n) is 11.7. The summed E-state index contributed by atoms with van der Waals surface area (Å²) in [7, 11) is 0. The summed E-state index contributed by atoms with van der Waals surface area (Å²) in [6.07, 6.45) is 3.68. The van der Waals surface area contributed by atoms with Gasteiger partial charge in [-0.1, -0.05) is 64.7 Å². The molecule has 0 radical (unpaired) electrons. The summed E-state index contributed by atoms with van der Waals surface area (Å²) in [5.41, 5.74) is 0. The van der Waals surface area contributed by atoms with Crippen LogP contribution in [0.4, 0.5) is 0 Å². The summed E-state index contributed by atoms with van der Waals surface area (Å²) >= 11 is 0. The van der Waals surface area contributed by atoms with Gasteiger partial charge in [-0.15, -0.1) is 0 Å². The summed E-state index contributed by atoms with van der Waals surface area (Å²) in [6.45, 7) is 0.773. The molecule has 9 heteroatoms. The first-order valence-corrected chi connectivity index (χ1v) is 11.7. The number of unbranched alkanes of at least 4 members (excludes halogenated alkanes) is 9. The van der Waals surface area contributed by atoms with Crippen molar-refractivity contribution < 1.29 is 44.5 Å². The smallest absolute Gasteiger partial charge is 0.306 e. The highest BCUT2D eigenvalue weighted by atomic mass is 16.7. The minimum atomic E-state index is -1.51. The summed E-state index contributed by atoms with van der Waals surface area (Å²) in [6, 6.07) is 0. The molecule has 0 aromatic carbocycles. The third-order valence-electron chi connectivity index (χ3n) is 5.49. The van der Waals surface area contributed by atoms with E-state index in [2.05, 4.69) is 6.92 Å². The maximum atomic E-state index is 12.2. The van der Waals surface area contributed by atoms with Gasteiger partial charge in [-0.2, -0.15) is 0 Å². The second kappa shape index (κ2) is 16.8. The fourth-order valence-corrected chi connectivity index (χ4v) is 3.54. The van der Waals surface area contributed by atoms with Crippen LogP contribution in [-0.4, -0.2) is 88.1 Å². The van der Waals surface area contributed by atoms with Gasteiger partial charge >= 0.3 is 5.97 Å². The minimum Gasteiger partial charge on any atom is -0.454 e. The van der Waals surface area contributed by atoms with E-state index in [4.69, 9.17) is 19.3 Å². The van der Waals surface area contributed by atoms with Crippen LogP contribution in [0, 0.1) is 0 Å². The molecule has 1 rings (SSSR count). The number of esters is 1. The number of carbonyl (C=O) groups excluding carboxylic acids is 1. The van der Waals surface area contributed by atoms with Crippen LogP contribution < -0.4 is 0 Å². The highest BCUT2D eigenvalue weighted by molar-refractivity contribution is 5.69. The van der Waals surface area contributed by atoms with E-state index in [1.165, 1.54) is 38.5 Å². The van der Waals surface area contributed by atoms with Crippen molar-refractivity contribution in [2.75, 3.05) is 19.8 Å². The molecule has 1 heterocycles. The van der Waals surface area contributed by atoms with Gasteiger partial charge in [-0.05, 0) is 6.42 Å². The van der Waals surface area contributed by atoms with E-state index in [-0.39, 0.29) is 13.0 Å². The predicted molar refractivity (Wildman–Crippen MR) is 113 cm³/mol. The molecule has 6 atom stereocenters. The van der Waals surface area contributed by atoms with Crippen LogP contribution in [0.5, 0.6) is 0 Å². The molecule has 0 spiro atoms. The number of aliphatic hydroxyl groups excluding tert-OH is 5. The van der Waals surface area contributed by atoms with E-state index >= 15 is 0 Å². The molecule has 0 saturated carbocycles. The number of hydrogen-bond acceptors (Lipinski definition) is 9. The van der Waals surface area contributed by atoms with Gasteiger partial charge in [0.25, 0.3) is 0 Å². The molecule has 0 aromatic rings. The van der Waals surface area contributed by atoms with Gasteiger partial charge in [0.15, 0.2) is 12.4 Å². The average Bonchev–Trinajstić information content (AvgIpc) is 2.77. The van der Waals surface area contributed by atoms with Gasteiger partial charge in [-0.25, -0.2) is 0 Å². The Kier molecular flexibility index (Phi) is 15.3. The highest BCUT2D eigenvalue weighted by Gasteiger charge is 2.47. The highest BCUT2D eigenvalue weighted by Crippen LogP contribution is 2.25. The van der Waals surface area contributed by atoms with Crippen molar-refractivity contribution in [1.29, 1.82) is 0 Å². The van der Waals surface area contributed by atoms with Gasteiger partial charge < -0.3 is 39.7 Å². The Labute approximate surface area is 185 Å². The molecule has 0 aromatic heterocycles. The van der Waals surface area contributed by atoms with Gasteiger partial charge in [-0.3, -0.25) is 4.79 Å². The fraction of sp³-hybridized carbons (Fsp3) is 0.955. The number of aliphatic hydroxyl groups is 5. The first-order chi connectivity index (χ1) is 14.9. The monoisotopic (exact) mass is 450 g/mol. The Morgan fingerprint density at radius 1 is 0.935 bits per heavy atom. The lowest BCUT2D eigenvalue weighted by Gasteiger charge is -2.41. The zero-order chi connectivity index (χ0) is 23.1. The van der Waals surface area contributed by atoms with E-state index < -0.39 is 56.0 Å². The van der Waals surface area contributed by atoms with Crippen LogP contribution >= 0.6 is 0 Å². The Morgan fingerprint density at radius 3 is 2.06 bits per heavy atom. The summed E-state index contributed by atoms with van der Waals surface area (Å²) in [4.78, 5) is 12.2. The summed E-state index contributed by atoms with van der Waals surface area (Å²) in [5, 5.41) is 48.0. The second-order valence-corrected chi connectivity index (χ2v) is 8.26. The average molecular weight is 451 g/mol. The van der Waals surface area contributed by atoms with Crippen LogP contribution in [0.1, 0.15) is 77.6 Å². The number of ether oxygens (including phenoxy) is 3. The van der Waals surface area contributed by atoms with Crippen LogP contribution in [0.2, 0.25) is 0 Å². The summed E-state index contributed by atoms with van der Waals surface area (Å²) in [5.74, 6) is -0.543. The topological polar surface area (TPSA) is 146 Å². The Bertz CT molecular complexity index is 462. The van der Waals surface area contributed by atoms with Gasteiger partial charge in [0, 0.05) is 6.42 Å². The Balaban J connectivity index is 2.35. The van der Waals surface area contributed by atoms with Crippen LogP contribution in [0.15, 0.2) is 0 Å². The Morgan fingerprint density at radius 2 is 1.52 bits per heavy atom. The van der Waals surface area contributed by atoms with Crippen LogP contribution in [0.25, 0.3) is 0 Å².